The van der Waals surface area contributed by atoms with E-state index < -0.39 is 10.0 Å². The molecule has 0 bridgehead atoms. The van der Waals surface area contributed by atoms with Gasteiger partial charge >= 0.3 is 0 Å². The van der Waals surface area contributed by atoms with E-state index in [1.807, 2.05) is 38.1 Å². The Morgan fingerprint density at radius 3 is 2.33 bits per heavy atom. The average Bonchev–Trinajstić information content (AvgIpc) is 3.10. The predicted octanol–water partition coefficient (Wildman–Crippen LogP) is 4.08. The molecule has 1 aromatic heterocycles. The molecule has 2 aromatic carbocycles. The quantitative estimate of drug-likeness (QED) is 0.639. The second kappa shape index (κ2) is 7.05. The molecule has 4 rings (SSSR count). The van der Waals surface area contributed by atoms with E-state index in [1.165, 1.54) is 0 Å². The maximum absolute atomic E-state index is 12.8. The van der Waals surface area contributed by atoms with Crippen LogP contribution in [0.25, 0.3) is 10.2 Å². The molecule has 5 nitrogen and oxygen atoms in total. The number of benzene rings is 2. The molecule has 8 heteroatoms. The van der Waals surface area contributed by atoms with Crippen LogP contribution in [-0.4, -0.2) is 43.9 Å². The van der Waals surface area contributed by atoms with Crippen molar-refractivity contribution in [3.05, 3.63) is 52.5 Å². The summed E-state index contributed by atoms with van der Waals surface area (Å²) < 4.78 is 28.3. The molecule has 0 N–H and O–H groups in total. The van der Waals surface area contributed by atoms with Gasteiger partial charge in [-0.15, -0.1) is 0 Å². The lowest BCUT2D eigenvalue weighted by Crippen LogP contribution is -2.48. The first-order valence-corrected chi connectivity index (χ1v) is 11.4. The van der Waals surface area contributed by atoms with Crippen LogP contribution in [0.5, 0.6) is 0 Å². The van der Waals surface area contributed by atoms with E-state index in [1.54, 1.807) is 27.8 Å². The molecule has 0 aliphatic carbocycles. The molecule has 0 amide bonds. The van der Waals surface area contributed by atoms with Crippen molar-refractivity contribution in [1.29, 1.82) is 0 Å². The summed E-state index contributed by atoms with van der Waals surface area (Å²) in [6.45, 7) is 6.06. The zero-order valence-corrected chi connectivity index (χ0v) is 17.5. The summed E-state index contributed by atoms with van der Waals surface area (Å²) >= 11 is 7.82. The maximum Gasteiger partial charge on any atom is 0.243 e. The molecule has 2 heterocycles. The van der Waals surface area contributed by atoms with E-state index in [2.05, 4.69) is 4.90 Å². The first-order chi connectivity index (χ1) is 12.9. The van der Waals surface area contributed by atoms with Crippen LogP contribution in [0.4, 0.5) is 5.13 Å². The van der Waals surface area contributed by atoms with Gasteiger partial charge in [-0.05, 0) is 43.7 Å². The van der Waals surface area contributed by atoms with E-state index in [0.29, 0.717) is 36.1 Å². The number of sulfonamides is 1. The third-order valence-electron chi connectivity index (χ3n) is 4.90. The van der Waals surface area contributed by atoms with E-state index >= 15 is 0 Å². The lowest BCUT2D eigenvalue weighted by atomic mass is 10.2. The van der Waals surface area contributed by atoms with Crippen molar-refractivity contribution in [3.8, 4) is 0 Å². The number of halogens is 1. The van der Waals surface area contributed by atoms with Crippen molar-refractivity contribution in [2.24, 2.45) is 0 Å². The molecule has 0 saturated carbocycles. The molecule has 0 radical (unpaired) electrons. The van der Waals surface area contributed by atoms with E-state index in [-0.39, 0.29) is 0 Å². The fourth-order valence-electron chi connectivity index (χ4n) is 3.20. The maximum atomic E-state index is 12.8. The number of piperazine rings is 1. The predicted molar refractivity (Wildman–Crippen MR) is 112 cm³/mol. The normalized spacial score (nSPS) is 16.2. The molecule has 1 aliphatic heterocycles. The topological polar surface area (TPSA) is 53.5 Å². The summed E-state index contributed by atoms with van der Waals surface area (Å²) in [6, 6.07) is 10.9. The van der Waals surface area contributed by atoms with Crippen LogP contribution in [0, 0.1) is 13.8 Å². The Hall–Kier alpha value is -1.67. The highest BCUT2D eigenvalue weighted by atomic mass is 35.5. The van der Waals surface area contributed by atoms with E-state index in [0.717, 1.165) is 26.5 Å². The zero-order valence-electron chi connectivity index (χ0n) is 15.1. The number of hydrogen-bond donors (Lipinski definition) is 0. The summed E-state index contributed by atoms with van der Waals surface area (Å²) in [7, 11) is -3.45. The molecule has 0 spiro atoms. The fourth-order valence-corrected chi connectivity index (χ4v) is 5.85. The number of aryl methyl sites for hydroxylation is 2. The van der Waals surface area contributed by atoms with Crippen molar-refractivity contribution >= 4 is 48.3 Å². The van der Waals surface area contributed by atoms with Crippen LogP contribution in [0.3, 0.4) is 0 Å². The molecular weight excluding hydrogens is 402 g/mol. The molecule has 1 fully saturated rings. The molecular formula is C19H20ClN3O2S2. The number of anilines is 1. The minimum atomic E-state index is -3.45. The Bertz CT molecular complexity index is 1090. The highest BCUT2D eigenvalue weighted by Gasteiger charge is 2.29. The third-order valence-corrected chi connectivity index (χ3v) is 8.31. The Kier molecular flexibility index (Phi) is 4.88. The number of nitrogens with zero attached hydrogens (tertiary/aromatic N) is 3. The van der Waals surface area contributed by atoms with Gasteiger partial charge in [0.2, 0.25) is 10.0 Å². The Morgan fingerprint density at radius 1 is 1.00 bits per heavy atom. The minimum absolute atomic E-state index is 0.354. The lowest BCUT2D eigenvalue weighted by molar-refractivity contribution is 0.385. The van der Waals surface area contributed by atoms with E-state index in [4.69, 9.17) is 16.6 Å². The van der Waals surface area contributed by atoms with Gasteiger partial charge in [0.25, 0.3) is 0 Å². The van der Waals surface area contributed by atoms with Gasteiger partial charge in [0, 0.05) is 31.2 Å². The Balaban J connectivity index is 1.52. The second-order valence-electron chi connectivity index (χ2n) is 6.72. The number of hydrogen-bond acceptors (Lipinski definition) is 5. The van der Waals surface area contributed by atoms with Gasteiger partial charge in [-0.2, -0.15) is 4.31 Å². The first kappa shape index (κ1) is 18.7. The van der Waals surface area contributed by atoms with Gasteiger partial charge in [-0.3, -0.25) is 0 Å². The van der Waals surface area contributed by atoms with Crippen LogP contribution in [-0.2, 0) is 10.0 Å². The van der Waals surface area contributed by atoms with Gasteiger partial charge in [0.05, 0.1) is 15.1 Å². The van der Waals surface area contributed by atoms with E-state index in [9.17, 15) is 8.42 Å². The van der Waals surface area contributed by atoms with Crippen molar-refractivity contribution in [2.45, 2.75) is 18.7 Å². The monoisotopic (exact) mass is 421 g/mol. The standard InChI is InChI=1S/C19H20ClN3O2S2/c1-13-3-5-15(6-4-13)27(24,25)23-11-9-22(10-12-23)19-21-18-14(2)16(20)7-8-17(18)26-19/h3-8H,9-12H2,1-2H3. The fraction of sp³-hybridized carbons (Fsp3) is 0.316. The minimum Gasteiger partial charge on any atom is -0.345 e. The van der Waals surface area contributed by atoms with Gasteiger partial charge < -0.3 is 4.90 Å². The highest BCUT2D eigenvalue weighted by molar-refractivity contribution is 7.89. The summed E-state index contributed by atoms with van der Waals surface area (Å²) in [5.41, 5.74) is 2.96. The van der Waals surface area contributed by atoms with Crippen LogP contribution >= 0.6 is 22.9 Å². The van der Waals surface area contributed by atoms with Crippen LogP contribution in [0.1, 0.15) is 11.1 Å². The molecule has 1 saturated heterocycles. The van der Waals surface area contributed by atoms with Crippen molar-refractivity contribution in [1.82, 2.24) is 9.29 Å². The summed E-state index contributed by atoms with van der Waals surface area (Å²) in [5.74, 6) is 0. The van der Waals surface area contributed by atoms with Crippen molar-refractivity contribution < 1.29 is 8.42 Å². The van der Waals surface area contributed by atoms with Crippen LogP contribution in [0.15, 0.2) is 41.3 Å². The van der Waals surface area contributed by atoms with Crippen LogP contribution < -0.4 is 4.90 Å². The molecule has 27 heavy (non-hydrogen) atoms. The molecule has 0 atom stereocenters. The van der Waals surface area contributed by atoms with Crippen LogP contribution in [0.2, 0.25) is 5.02 Å². The van der Waals surface area contributed by atoms with Gasteiger partial charge in [0.1, 0.15) is 0 Å². The Morgan fingerprint density at radius 2 is 1.67 bits per heavy atom. The summed E-state index contributed by atoms with van der Waals surface area (Å²) in [6.07, 6.45) is 0. The number of aromatic nitrogens is 1. The Labute approximate surface area is 168 Å². The first-order valence-electron chi connectivity index (χ1n) is 8.74. The summed E-state index contributed by atoms with van der Waals surface area (Å²) in [5, 5.41) is 1.64. The van der Waals surface area contributed by atoms with Crippen molar-refractivity contribution in [2.75, 3.05) is 31.1 Å². The molecule has 3 aromatic rings. The molecule has 1 aliphatic rings. The highest BCUT2D eigenvalue weighted by Crippen LogP contribution is 2.34. The van der Waals surface area contributed by atoms with Crippen molar-refractivity contribution in [3.63, 3.8) is 0 Å². The van der Waals surface area contributed by atoms with Gasteiger partial charge in [-0.25, -0.2) is 13.4 Å². The third kappa shape index (κ3) is 3.45. The van der Waals surface area contributed by atoms with Gasteiger partial charge in [0.15, 0.2) is 5.13 Å². The average molecular weight is 422 g/mol. The second-order valence-corrected chi connectivity index (χ2v) is 10.1. The SMILES string of the molecule is Cc1ccc(S(=O)(=O)N2CCN(c3nc4c(C)c(Cl)ccc4s3)CC2)cc1. The number of rotatable bonds is 3. The van der Waals surface area contributed by atoms with Gasteiger partial charge in [-0.1, -0.05) is 40.6 Å². The number of thiazole rings is 1. The largest absolute Gasteiger partial charge is 0.345 e. The molecule has 142 valence electrons. The summed E-state index contributed by atoms with van der Waals surface area (Å²) in [4.78, 5) is 7.25. The smallest absolute Gasteiger partial charge is 0.243 e. The number of fused-ring (bicyclic) bond motifs is 1. The lowest BCUT2D eigenvalue weighted by Gasteiger charge is -2.33. The molecule has 0 unspecified atom stereocenters. The zero-order chi connectivity index (χ0) is 19.2.